The first-order chi connectivity index (χ1) is 17.2. The molecular weight excluding hydrogens is 442 g/mol. The molecule has 4 atom stereocenters. The van der Waals surface area contributed by atoms with Crippen molar-refractivity contribution in [1.29, 1.82) is 0 Å². The fourth-order valence-electron chi connectivity index (χ4n) is 5.72. The van der Waals surface area contributed by atoms with E-state index in [1.165, 1.54) is 12.0 Å². The molecule has 1 aromatic heterocycles. The van der Waals surface area contributed by atoms with E-state index in [9.17, 15) is 9.90 Å². The Labute approximate surface area is 208 Å². The molecule has 0 radical (unpaired) electrons. The highest BCUT2D eigenvalue weighted by Gasteiger charge is 2.38. The molecule has 0 aliphatic carbocycles. The molecule has 0 saturated carbocycles. The van der Waals surface area contributed by atoms with Crippen LogP contribution in [0, 0.1) is 0 Å². The van der Waals surface area contributed by atoms with Crippen LogP contribution in [0.1, 0.15) is 44.1 Å². The van der Waals surface area contributed by atoms with Gasteiger partial charge in [-0.15, -0.1) is 0 Å². The summed E-state index contributed by atoms with van der Waals surface area (Å²) in [5.74, 6) is 0.222. The second kappa shape index (κ2) is 11.6. The van der Waals surface area contributed by atoms with Crippen molar-refractivity contribution in [1.82, 2.24) is 14.8 Å². The highest BCUT2D eigenvalue weighted by Crippen LogP contribution is 2.30. The van der Waals surface area contributed by atoms with E-state index in [4.69, 9.17) is 9.47 Å². The summed E-state index contributed by atoms with van der Waals surface area (Å²) in [5, 5.41) is 10.5. The molecule has 3 aliphatic heterocycles. The summed E-state index contributed by atoms with van der Waals surface area (Å²) < 4.78 is 12.3. The van der Waals surface area contributed by atoms with Gasteiger partial charge in [0.15, 0.2) is 0 Å². The Morgan fingerprint density at radius 2 is 1.86 bits per heavy atom. The topological polar surface area (TPSA) is 75.1 Å². The summed E-state index contributed by atoms with van der Waals surface area (Å²) in [6.45, 7) is 3.79. The number of β-amino-alcohol motifs (C(OH)–C–C–N with tert-alkyl or cyclic N) is 1. The van der Waals surface area contributed by atoms with Crippen molar-refractivity contribution >= 4 is 5.91 Å². The fraction of sp³-hybridized carbons (Fsp3) is 0.571. The van der Waals surface area contributed by atoms with Gasteiger partial charge in [0.1, 0.15) is 0 Å². The minimum Gasteiger partial charge on any atom is -0.389 e. The molecule has 0 spiro atoms. The number of carbonyl (C=O) groups is 1. The lowest BCUT2D eigenvalue weighted by Crippen LogP contribution is -2.55. The first-order valence-corrected chi connectivity index (χ1v) is 13.1. The Morgan fingerprint density at radius 3 is 2.69 bits per heavy atom. The number of rotatable bonds is 5. The minimum atomic E-state index is -0.530. The van der Waals surface area contributed by atoms with Gasteiger partial charge < -0.3 is 19.5 Å². The maximum atomic E-state index is 12.8. The number of nitrogens with zero attached hydrogens (tertiary/aromatic N) is 3. The van der Waals surface area contributed by atoms with E-state index >= 15 is 0 Å². The molecule has 1 aromatic carbocycles. The summed E-state index contributed by atoms with van der Waals surface area (Å²) >= 11 is 0. The minimum absolute atomic E-state index is 0.0597. The van der Waals surface area contributed by atoms with E-state index in [2.05, 4.69) is 34.1 Å². The van der Waals surface area contributed by atoms with Crippen LogP contribution in [-0.4, -0.2) is 83.0 Å². The summed E-state index contributed by atoms with van der Waals surface area (Å²) in [5.41, 5.74) is 3.51. The number of piperidine rings is 1. The van der Waals surface area contributed by atoms with Crippen molar-refractivity contribution in [3.8, 4) is 11.1 Å². The summed E-state index contributed by atoms with van der Waals surface area (Å²) in [6.07, 6.45) is 8.61. The molecule has 7 heteroatoms. The van der Waals surface area contributed by atoms with Crippen LogP contribution in [0.4, 0.5) is 0 Å². The zero-order valence-electron chi connectivity index (χ0n) is 20.4. The van der Waals surface area contributed by atoms with Gasteiger partial charge in [0.05, 0.1) is 37.9 Å². The molecular formula is C28H37N3O4. The number of pyridine rings is 1. The van der Waals surface area contributed by atoms with E-state index < -0.39 is 6.10 Å². The number of aliphatic hydroxyl groups excluding tert-OH is 1. The second-order valence-corrected chi connectivity index (χ2v) is 10.1. The lowest BCUT2D eigenvalue weighted by Gasteiger charge is -2.44. The van der Waals surface area contributed by atoms with Gasteiger partial charge in [-0.3, -0.25) is 14.7 Å². The van der Waals surface area contributed by atoms with E-state index in [0.29, 0.717) is 26.2 Å². The van der Waals surface area contributed by atoms with Gasteiger partial charge in [0.25, 0.3) is 0 Å². The lowest BCUT2D eigenvalue weighted by molar-refractivity contribution is -0.161. The van der Waals surface area contributed by atoms with Crippen molar-refractivity contribution in [2.45, 2.75) is 69.4 Å². The number of likely N-dealkylation sites (tertiary alicyclic amines) is 1. The van der Waals surface area contributed by atoms with Crippen LogP contribution in [0.25, 0.3) is 11.1 Å². The first-order valence-electron chi connectivity index (χ1n) is 13.1. The largest absolute Gasteiger partial charge is 0.389 e. The van der Waals surface area contributed by atoms with Crippen molar-refractivity contribution < 1.29 is 19.4 Å². The van der Waals surface area contributed by atoms with Gasteiger partial charge in [-0.2, -0.15) is 0 Å². The van der Waals surface area contributed by atoms with Gasteiger partial charge in [0.2, 0.25) is 5.91 Å². The van der Waals surface area contributed by atoms with Gasteiger partial charge in [-0.05, 0) is 67.0 Å². The van der Waals surface area contributed by atoms with Crippen molar-refractivity contribution in [3.63, 3.8) is 0 Å². The number of amides is 1. The molecule has 1 amide bonds. The van der Waals surface area contributed by atoms with Gasteiger partial charge in [-0.25, -0.2) is 0 Å². The van der Waals surface area contributed by atoms with E-state index in [0.717, 1.165) is 56.4 Å². The first kappa shape index (κ1) is 24.4. The van der Waals surface area contributed by atoms with E-state index in [1.807, 2.05) is 29.4 Å². The number of hydrogen-bond donors (Lipinski definition) is 1. The predicted molar refractivity (Wildman–Crippen MR) is 134 cm³/mol. The molecule has 0 unspecified atom stereocenters. The zero-order valence-corrected chi connectivity index (χ0v) is 20.4. The van der Waals surface area contributed by atoms with Crippen molar-refractivity contribution in [2.24, 2.45) is 0 Å². The molecule has 0 bridgehead atoms. The Hall–Kier alpha value is -2.32. The summed E-state index contributed by atoms with van der Waals surface area (Å²) in [4.78, 5) is 21.3. The Balaban J connectivity index is 1.26. The number of benzene rings is 1. The Morgan fingerprint density at radius 1 is 1.03 bits per heavy atom. The molecule has 188 valence electrons. The predicted octanol–water partition coefficient (Wildman–Crippen LogP) is 3.26. The van der Waals surface area contributed by atoms with Crippen LogP contribution < -0.4 is 0 Å². The third-order valence-corrected chi connectivity index (χ3v) is 7.52. The van der Waals surface area contributed by atoms with Gasteiger partial charge >= 0.3 is 0 Å². The zero-order chi connectivity index (χ0) is 24.0. The lowest BCUT2D eigenvalue weighted by atomic mass is 9.93. The van der Waals surface area contributed by atoms with Crippen molar-refractivity contribution in [2.75, 3.05) is 32.8 Å². The monoisotopic (exact) mass is 479 g/mol. The van der Waals surface area contributed by atoms with Crippen LogP contribution in [0.15, 0.2) is 48.8 Å². The molecule has 2 aromatic rings. The smallest absolute Gasteiger partial charge is 0.225 e. The third kappa shape index (κ3) is 6.28. The standard InChI is InChI=1S/C28H37N3O4/c32-24-18-31(17-21-5-4-6-23(15-21)22-9-11-29-12-10-22)26-8-7-25(35-27(26)20-34-19-24)16-28(33)30-13-2-1-3-14-30/h4-6,9-12,15,24-27,32H,1-3,7-8,13-14,16-20H2/t24-,25+,26-,27+/m1/s1. The van der Waals surface area contributed by atoms with E-state index in [1.54, 1.807) is 0 Å². The molecule has 4 heterocycles. The third-order valence-electron chi connectivity index (χ3n) is 7.52. The second-order valence-electron chi connectivity index (χ2n) is 10.1. The van der Waals surface area contributed by atoms with Crippen LogP contribution in [0.3, 0.4) is 0 Å². The van der Waals surface area contributed by atoms with Crippen LogP contribution in [0.2, 0.25) is 0 Å². The highest BCUT2D eigenvalue weighted by atomic mass is 16.5. The number of hydrogen-bond acceptors (Lipinski definition) is 6. The Bertz CT molecular complexity index is 966. The number of fused-ring (bicyclic) bond motifs is 1. The number of aromatic nitrogens is 1. The van der Waals surface area contributed by atoms with Gasteiger partial charge in [-0.1, -0.05) is 18.2 Å². The molecule has 3 aliphatic rings. The average Bonchev–Trinajstić information content (AvgIpc) is 2.89. The van der Waals surface area contributed by atoms with Crippen LogP contribution >= 0.6 is 0 Å². The number of carbonyl (C=O) groups excluding carboxylic acids is 1. The average molecular weight is 480 g/mol. The maximum absolute atomic E-state index is 12.8. The Kier molecular flexibility index (Phi) is 8.09. The number of aliphatic hydroxyl groups is 1. The molecule has 5 rings (SSSR count). The SMILES string of the molecule is O=C(C[C@@H]1CC[C@@H]2[C@H](COC[C@H](O)CN2Cc2cccc(-c3ccncc3)c2)O1)N1CCCCC1. The fourth-order valence-corrected chi connectivity index (χ4v) is 5.72. The molecule has 7 nitrogen and oxygen atoms in total. The van der Waals surface area contributed by atoms with Gasteiger partial charge in [0, 0.05) is 44.6 Å². The highest BCUT2D eigenvalue weighted by molar-refractivity contribution is 5.76. The molecule has 35 heavy (non-hydrogen) atoms. The molecule has 3 saturated heterocycles. The molecule has 1 N–H and O–H groups in total. The molecule has 3 fully saturated rings. The maximum Gasteiger partial charge on any atom is 0.225 e. The summed E-state index contributed by atoms with van der Waals surface area (Å²) in [7, 11) is 0. The van der Waals surface area contributed by atoms with Crippen molar-refractivity contribution in [3.05, 3.63) is 54.4 Å². The van der Waals surface area contributed by atoms with Crippen LogP contribution in [-0.2, 0) is 20.8 Å². The number of ether oxygens (including phenoxy) is 2. The summed E-state index contributed by atoms with van der Waals surface area (Å²) in [6, 6.07) is 12.8. The van der Waals surface area contributed by atoms with Crippen LogP contribution in [0.5, 0.6) is 0 Å². The van der Waals surface area contributed by atoms with E-state index in [-0.39, 0.29) is 24.2 Å². The quantitative estimate of drug-likeness (QED) is 0.710. The normalized spacial score (nSPS) is 28.1.